The number of benzene rings is 1. The number of hydrogen-bond acceptors (Lipinski definition) is 6. The fourth-order valence-electron chi connectivity index (χ4n) is 2.69. The number of thioether (sulfide) groups is 1. The molecule has 0 amide bonds. The van der Waals surface area contributed by atoms with Crippen LogP contribution in [0.1, 0.15) is 23.0 Å². The second-order valence-electron chi connectivity index (χ2n) is 5.27. The predicted molar refractivity (Wildman–Crippen MR) is 97.6 cm³/mol. The second kappa shape index (κ2) is 7.06. The lowest BCUT2D eigenvalue weighted by Crippen LogP contribution is -2.24. The van der Waals surface area contributed by atoms with Crippen LogP contribution in [0, 0.1) is 6.92 Å². The van der Waals surface area contributed by atoms with Crippen LogP contribution in [0.5, 0.6) is 0 Å². The Morgan fingerprint density at radius 1 is 1.28 bits per heavy atom. The number of aromatic nitrogens is 3. The van der Waals surface area contributed by atoms with Gasteiger partial charge in [-0.05, 0) is 32.2 Å². The molecule has 3 rings (SSSR count). The van der Waals surface area contributed by atoms with Gasteiger partial charge in [0.05, 0.1) is 12.0 Å². The van der Waals surface area contributed by atoms with E-state index >= 15 is 0 Å². The summed E-state index contributed by atoms with van der Waals surface area (Å²) in [6.07, 6.45) is 3.34. The zero-order chi connectivity index (χ0) is 18.0. The predicted octanol–water partition coefficient (Wildman–Crippen LogP) is 2.99. The Balaban J connectivity index is 2.45. The van der Waals surface area contributed by atoms with Crippen LogP contribution in [0.3, 0.4) is 0 Å². The number of hydrogen-bond donors (Lipinski definition) is 0. The molecule has 0 aliphatic carbocycles. The summed E-state index contributed by atoms with van der Waals surface area (Å²) in [6, 6.07) is 9.47. The highest BCUT2D eigenvalue weighted by atomic mass is 32.2. The Bertz CT molecular complexity index is 1000. The first-order valence-electron chi connectivity index (χ1n) is 7.77. The van der Waals surface area contributed by atoms with Crippen molar-refractivity contribution in [1.82, 2.24) is 14.5 Å². The molecule has 6 nitrogen and oxygen atoms in total. The number of para-hydroxylation sites is 1. The Kier molecular flexibility index (Phi) is 4.85. The quantitative estimate of drug-likeness (QED) is 0.407. The zero-order valence-corrected chi connectivity index (χ0v) is 15.0. The van der Waals surface area contributed by atoms with E-state index in [1.807, 2.05) is 36.6 Å². The molecular formula is C18H17N3O3S. The van der Waals surface area contributed by atoms with Crippen molar-refractivity contribution >= 4 is 28.8 Å². The summed E-state index contributed by atoms with van der Waals surface area (Å²) < 4.78 is 6.87. The first kappa shape index (κ1) is 17.2. The fourth-order valence-corrected chi connectivity index (χ4v) is 3.03. The van der Waals surface area contributed by atoms with E-state index in [1.165, 1.54) is 18.0 Å². The Morgan fingerprint density at radius 2 is 2.00 bits per heavy atom. The van der Waals surface area contributed by atoms with Crippen molar-refractivity contribution in [3.8, 4) is 5.69 Å². The van der Waals surface area contributed by atoms with Gasteiger partial charge >= 0.3 is 5.97 Å². The molecule has 0 aliphatic heterocycles. The van der Waals surface area contributed by atoms with Crippen LogP contribution in [0.15, 0.2) is 46.5 Å². The van der Waals surface area contributed by atoms with Crippen molar-refractivity contribution in [3.05, 3.63) is 58.0 Å². The van der Waals surface area contributed by atoms with Gasteiger partial charge in [0.2, 0.25) is 5.43 Å². The number of carbonyl (C=O) groups is 1. The summed E-state index contributed by atoms with van der Waals surface area (Å²) in [4.78, 5) is 33.9. The highest BCUT2D eigenvalue weighted by molar-refractivity contribution is 7.98. The average Bonchev–Trinajstić information content (AvgIpc) is 2.62. The molecule has 0 spiro atoms. The summed E-state index contributed by atoms with van der Waals surface area (Å²) >= 11 is 1.39. The number of pyridine rings is 1. The van der Waals surface area contributed by atoms with E-state index in [-0.39, 0.29) is 17.6 Å². The van der Waals surface area contributed by atoms with Gasteiger partial charge in [0.25, 0.3) is 0 Å². The van der Waals surface area contributed by atoms with Gasteiger partial charge in [0.15, 0.2) is 10.8 Å². The largest absolute Gasteiger partial charge is 0.462 e. The highest BCUT2D eigenvalue weighted by Gasteiger charge is 2.23. The van der Waals surface area contributed by atoms with Crippen LogP contribution >= 0.6 is 11.8 Å². The van der Waals surface area contributed by atoms with Crippen molar-refractivity contribution in [2.75, 3.05) is 12.9 Å². The Hall–Kier alpha value is -2.67. The lowest BCUT2D eigenvalue weighted by atomic mass is 10.1. The summed E-state index contributed by atoms with van der Waals surface area (Å²) in [5.74, 6) is -0.634. The van der Waals surface area contributed by atoms with E-state index < -0.39 is 11.4 Å². The monoisotopic (exact) mass is 355 g/mol. The number of carbonyl (C=O) groups excluding carboxylic acids is 1. The van der Waals surface area contributed by atoms with E-state index in [4.69, 9.17) is 4.74 Å². The molecule has 2 heterocycles. The van der Waals surface area contributed by atoms with Crippen LogP contribution < -0.4 is 5.43 Å². The molecule has 1 aromatic carbocycles. The van der Waals surface area contributed by atoms with E-state index in [0.29, 0.717) is 16.5 Å². The molecule has 3 aromatic rings. The van der Waals surface area contributed by atoms with Crippen molar-refractivity contribution in [2.24, 2.45) is 0 Å². The van der Waals surface area contributed by atoms with Crippen molar-refractivity contribution in [2.45, 2.75) is 19.0 Å². The molecule has 0 saturated heterocycles. The van der Waals surface area contributed by atoms with Crippen LogP contribution in [0.2, 0.25) is 0 Å². The van der Waals surface area contributed by atoms with Gasteiger partial charge in [-0.25, -0.2) is 14.8 Å². The maximum atomic E-state index is 12.8. The van der Waals surface area contributed by atoms with Gasteiger partial charge in [0, 0.05) is 17.6 Å². The van der Waals surface area contributed by atoms with E-state index in [0.717, 1.165) is 5.69 Å². The number of rotatable bonds is 4. The number of esters is 1. The standard InChI is InChI=1S/C18H17N3O3S/c1-4-24-17(23)14-11(2)21(12-8-6-5-7-9-12)16-13(15(14)22)10-19-18(20-16)25-3/h5-10H,4H2,1-3H3. The Morgan fingerprint density at radius 3 is 2.64 bits per heavy atom. The van der Waals surface area contributed by atoms with Gasteiger partial charge in [-0.3, -0.25) is 9.36 Å². The summed E-state index contributed by atoms with van der Waals surface area (Å²) in [5, 5.41) is 0.843. The molecule has 0 bridgehead atoms. The molecule has 0 N–H and O–H groups in total. The van der Waals surface area contributed by atoms with Gasteiger partial charge in [0.1, 0.15) is 5.56 Å². The van der Waals surface area contributed by atoms with E-state index in [1.54, 1.807) is 18.4 Å². The van der Waals surface area contributed by atoms with Crippen LogP contribution in [0.4, 0.5) is 0 Å². The molecule has 0 atom stereocenters. The molecule has 7 heteroatoms. The van der Waals surface area contributed by atoms with Crippen molar-refractivity contribution in [1.29, 1.82) is 0 Å². The molecule has 0 saturated carbocycles. The Labute approximate surface area is 148 Å². The molecule has 0 radical (unpaired) electrons. The van der Waals surface area contributed by atoms with Crippen LogP contribution in [-0.4, -0.2) is 33.4 Å². The molecule has 0 fully saturated rings. The van der Waals surface area contributed by atoms with Gasteiger partial charge in [-0.15, -0.1) is 0 Å². The fraction of sp³-hybridized carbons (Fsp3) is 0.222. The SMILES string of the molecule is CCOC(=O)c1c(C)n(-c2ccccc2)c2nc(SC)ncc2c1=O. The number of ether oxygens (including phenoxy) is 1. The summed E-state index contributed by atoms with van der Waals surface area (Å²) in [5.41, 5.74) is 1.37. The maximum absolute atomic E-state index is 12.8. The lowest BCUT2D eigenvalue weighted by molar-refractivity contribution is 0.0523. The topological polar surface area (TPSA) is 74.1 Å². The number of nitrogens with zero attached hydrogens (tertiary/aromatic N) is 3. The van der Waals surface area contributed by atoms with Crippen LogP contribution in [-0.2, 0) is 4.74 Å². The van der Waals surface area contributed by atoms with E-state index in [9.17, 15) is 9.59 Å². The average molecular weight is 355 g/mol. The lowest BCUT2D eigenvalue weighted by Gasteiger charge is -2.17. The molecule has 0 unspecified atom stereocenters. The first-order valence-corrected chi connectivity index (χ1v) is 8.99. The second-order valence-corrected chi connectivity index (χ2v) is 6.05. The van der Waals surface area contributed by atoms with Crippen molar-refractivity contribution in [3.63, 3.8) is 0 Å². The summed E-state index contributed by atoms with van der Waals surface area (Å²) in [7, 11) is 0. The maximum Gasteiger partial charge on any atom is 0.343 e. The first-order chi connectivity index (χ1) is 12.1. The van der Waals surface area contributed by atoms with E-state index in [2.05, 4.69) is 9.97 Å². The highest BCUT2D eigenvalue weighted by Crippen LogP contribution is 2.22. The molecular weight excluding hydrogens is 338 g/mol. The molecule has 25 heavy (non-hydrogen) atoms. The van der Waals surface area contributed by atoms with Gasteiger partial charge < -0.3 is 4.74 Å². The molecule has 128 valence electrons. The smallest absolute Gasteiger partial charge is 0.343 e. The van der Waals surface area contributed by atoms with Crippen LogP contribution in [0.25, 0.3) is 16.7 Å². The third kappa shape index (κ3) is 3.02. The van der Waals surface area contributed by atoms with Gasteiger partial charge in [-0.2, -0.15) is 0 Å². The minimum atomic E-state index is -0.634. The molecule has 2 aromatic heterocycles. The molecule has 0 aliphatic rings. The zero-order valence-electron chi connectivity index (χ0n) is 14.1. The minimum absolute atomic E-state index is 0.0127. The third-order valence-electron chi connectivity index (χ3n) is 3.80. The number of fused-ring (bicyclic) bond motifs is 1. The third-order valence-corrected chi connectivity index (χ3v) is 4.37. The minimum Gasteiger partial charge on any atom is -0.462 e. The van der Waals surface area contributed by atoms with Crippen molar-refractivity contribution < 1.29 is 9.53 Å². The summed E-state index contributed by atoms with van der Waals surface area (Å²) in [6.45, 7) is 3.63. The van der Waals surface area contributed by atoms with Gasteiger partial charge in [-0.1, -0.05) is 30.0 Å². The normalized spacial score (nSPS) is 10.8.